The molecule has 19 heavy (non-hydrogen) atoms. The Bertz CT molecular complexity index is 235. The molecule has 0 aliphatic rings. The van der Waals surface area contributed by atoms with Crippen molar-refractivity contribution in [2.75, 3.05) is 59.3 Å². The molecular weight excluding hydrogens is 279 g/mol. The SMILES string of the molecule is CP(=O)(ON(CCO)CCO)ON(CCO)CCO. The average Bonchev–Trinajstić information content (AvgIpc) is 2.29. The third-order valence-electron chi connectivity index (χ3n) is 1.93. The van der Waals surface area contributed by atoms with Crippen LogP contribution in [0, 0.1) is 0 Å². The van der Waals surface area contributed by atoms with Gasteiger partial charge in [0.1, 0.15) is 0 Å². The lowest BCUT2D eigenvalue weighted by molar-refractivity contribution is -0.133. The van der Waals surface area contributed by atoms with Gasteiger partial charge in [0.15, 0.2) is 0 Å². The van der Waals surface area contributed by atoms with Gasteiger partial charge in [0, 0.05) is 32.8 Å². The van der Waals surface area contributed by atoms with Gasteiger partial charge in [-0.05, 0) is 0 Å². The highest BCUT2D eigenvalue weighted by Crippen LogP contribution is 2.45. The maximum absolute atomic E-state index is 12.1. The van der Waals surface area contributed by atoms with Crippen LogP contribution in [-0.4, -0.2) is 89.8 Å². The molecule has 0 spiro atoms. The first-order valence-electron chi connectivity index (χ1n) is 5.89. The van der Waals surface area contributed by atoms with Gasteiger partial charge in [0.2, 0.25) is 0 Å². The van der Waals surface area contributed by atoms with Gasteiger partial charge in [-0.3, -0.25) is 4.57 Å². The van der Waals surface area contributed by atoms with Crippen LogP contribution in [0.25, 0.3) is 0 Å². The zero-order valence-corrected chi connectivity index (χ0v) is 11.9. The van der Waals surface area contributed by atoms with Gasteiger partial charge in [-0.25, -0.2) is 9.25 Å². The van der Waals surface area contributed by atoms with Crippen molar-refractivity contribution in [3.8, 4) is 0 Å². The zero-order chi connectivity index (χ0) is 14.7. The van der Waals surface area contributed by atoms with Gasteiger partial charge in [-0.1, -0.05) is 0 Å². The number of rotatable bonds is 12. The van der Waals surface area contributed by atoms with Gasteiger partial charge in [-0.15, -0.1) is 0 Å². The smallest absolute Gasteiger partial charge is 0.360 e. The molecule has 0 amide bonds. The Kier molecular flexibility index (Phi) is 10.6. The van der Waals surface area contributed by atoms with Gasteiger partial charge >= 0.3 is 7.60 Å². The summed E-state index contributed by atoms with van der Waals surface area (Å²) in [5.41, 5.74) is 0. The van der Waals surface area contributed by atoms with E-state index in [1.54, 1.807) is 0 Å². The summed E-state index contributed by atoms with van der Waals surface area (Å²) >= 11 is 0. The van der Waals surface area contributed by atoms with Crippen molar-refractivity contribution in [1.29, 1.82) is 0 Å². The van der Waals surface area contributed by atoms with Gasteiger partial charge in [0.25, 0.3) is 0 Å². The van der Waals surface area contributed by atoms with E-state index in [0.717, 1.165) is 10.1 Å². The molecule has 0 radical (unpaired) electrons. The van der Waals surface area contributed by atoms with E-state index in [0.29, 0.717) is 0 Å². The average molecular weight is 302 g/mol. The van der Waals surface area contributed by atoms with Crippen LogP contribution in [0.5, 0.6) is 0 Å². The predicted molar refractivity (Wildman–Crippen MR) is 67.2 cm³/mol. The van der Waals surface area contributed by atoms with Crippen LogP contribution in [0.1, 0.15) is 0 Å². The molecule has 10 heteroatoms. The summed E-state index contributed by atoms with van der Waals surface area (Å²) in [6.07, 6.45) is 0. The summed E-state index contributed by atoms with van der Waals surface area (Å²) in [6, 6.07) is 0. The maximum Gasteiger partial charge on any atom is 0.360 e. The molecule has 0 heterocycles. The summed E-state index contributed by atoms with van der Waals surface area (Å²) in [6.45, 7) is 0.603. The Labute approximate surface area is 112 Å². The Morgan fingerprint density at radius 3 is 1.26 bits per heavy atom. The first kappa shape index (κ1) is 18.9. The second-order valence-corrected chi connectivity index (χ2v) is 5.56. The zero-order valence-electron chi connectivity index (χ0n) is 11.0. The van der Waals surface area contributed by atoms with E-state index in [2.05, 4.69) is 0 Å². The van der Waals surface area contributed by atoms with Gasteiger partial charge < -0.3 is 20.4 Å². The summed E-state index contributed by atoms with van der Waals surface area (Å²) in [4.78, 5) is 0. The molecule has 4 N–H and O–H groups in total. The number of aliphatic hydroxyl groups is 4. The summed E-state index contributed by atoms with van der Waals surface area (Å²) in [7, 11) is -3.52. The molecule has 0 rings (SSSR count). The van der Waals surface area contributed by atoms with Crippen molar-refractivity contribution in [1.82, 2.24) is 10.1 Å². The van der Waals surface area contributed by atoms with Crippen LogP contribution in [0.2, 0.25) is 0 Å². The Morgan fingerprint density at radius 2 is 1.05 bits per heavy atom. The van der Waals surface area contributed by atoms with Crippen molar-refractivity contribution in [3.63, 3.8) is 0 Å². The molecule has 0 aliphatic heterocycles. The van der Waals surface area contributed by atoms with E-state index in [4.69, 9.17) is 29.7 Å². The highest BCUT2D eigenvalue weighted by molar-refractivity contribution is 7.52. The molecule has 0 bridgehead atoms. The second kappa shape index (κ2) is 10.7. The van der Waals surface area contributed by atoms with Crippen molar-refractivity contribution in [2.45, 2.75) is 0 Å². The van der Waals surface area contributed by atoms with Crippen LogP contribution in [0.15, 0.2) is 0 Å². The van der Waals surface area contributed by atoms with E-state index >= 15 is 0 Å². The summed E-state index contributed by atoms with van der Waals surface area (Å²) < 4.78 is 22.2. The van der Waals surface area contributed by atoms with E-state index in [1.807, 2.05) is 0 Å². The Morgan fingerprint density at radius 1 is 0.789 bits per heavy atom. The van der Waals surface area contributed by atoms with E-state index in [9.17, 15) is 4.57 Å². The fourth-order valence-electron chi connectivity index (χ4n) is 1.27. The molecule has 0 unspecified atom stereocenters. The first-order chi connectivity index (χ1) is 8.99. The summed E-state index contributed by atoms with van der Waals surface area (Å²) in [5.74, 6) is 0. The minimum absolute atomic E-state index is 0.0712. The Balaban J connectivity index is 4.42. The van der Waals surface area contributed by atoms with Crippen LogP contribution in [-0.2, 0) is 13.8 Å². The van der Waals surface area contributed by atoms with Crippen LogP contribution >= 0.6 is 7.60 Å². The fourth-order valence-corrected chi connectivity index (χ4v) is 2.46. The minimum Gasteiger partial charge on any atom is -0.395 e. The number of nitrogens with zero attached hydrogens (tertiary/aromatic N) is 2. The van der Waals surface area contributed by atoms with Gasteiger partial charge in [-0.2, -0.15) is 10.1 Å². The largest absolute Gasteiger partial charge is 0.395 e. The Hall–Kier alpha value is -0.0900. The lowest BCUT2D eigenvalue weighted by Crippen LogP contribution is -2.33. The van der Waals surface area contributed by atoms with Crippen molar-refractivity contribution in [3.05, 3.63) is 0 Å². The highest BCUT2D eigenvalue weighted by atomic mass is 31.2. The molecule has 9 nitrogen and oxygen atoms in total. The fraction of sp³-hybridized carbons (Fsp3) is 1.00. The third-order valence-corrected chi connectivity index (χ3v) is 2.98. The monoisotopic (exact) mass is 302 g/mol. The topological polar surface area (TPSA) is 123 Å². The lowest BCUT2D eigenvalue weighted by atomic mass is 10.6. The van der Waals surface area contributed by atoms with Crippen molar-refractivity contribution >= 4 is 7.60 Å². The van der Waals surface area contributed by atoms with Crippen LogP contribution in [0.3, 0.4) is 0 Å². The molecule has 0 aromatic carbocycles. The molecule has 0 atom stereocenters. The van der Waals surface area contributed by atoms with Crippen molar-refractivity contribution in [2.24, 2.45) is 0 Å². The lowest BCUT2D eigenvalue weighted by Gasteiger charge is -2.27. The molecule has 0 fully saturated rings. The van der Waals surface area contributed by atoms with Crippen LogP contribution in [0.4, 0.5) is 0 Å². The molecule has 116 valence electrons. The van der Waals surface area contributed by atoms with Crippen molar-refractivity contribution < 1.29 is 34.2 Å². The molecule has 0 aliphatic carbocycles. The van der Waals surface area contributed by atoms with E-state index < -0.39 is 7.60 Å². The molecular formula is C9H23N2O7P. The van der Waals surface area contributed by atoms with E-state index in [-0.39, 0.29) is 52.6 Å². The highest BCUT2D eigenvalue weighted by Gasteiger charge is 2.25. The number of hydrogen-bond acceptors (Lipinski definition) is 9. The standard InChI is InChI=1S/C9H23N2O7P/c1-19(16,17-10(2-6-12)3-7-13)18-11(4-8-14)5-9-15/h12-15H,2-9H2,1H3. The molecule has 0 saturated carbocycles. The van der Waals surface area contributed by atoms with Gasteiger partial charge in [0.05, 0.1) is 26.4 Å². The van der Waals surface area contributed by atoms with E-state index in [1.165, 1.54) is 6.66 Å². The third kappa shape index (κ3) is 9.44. The normalized spacial score (nSPS) is 12.6. The predicted octanol–water partition coefficient (Wildman–Crippen LogP) is -1.75. The molecule has 0 aromatic rings. The number of hydroxylamine groups is 4. The quantitative estimate of drug-likeness (QED) is 0.245. The summed E-state index contributed by atoms with van der Waals surface area (Å²) in [5, 5.41) is 37.5. The molecule has 0 aromatic heterocycles. The number of aliphatic hydroxyl groups excluding tert-OH is 4. The molecule has 0 saturated heterocycles. The minimum atomic E-state index is -3.52. The van der Waals surface area contributed by atoms with Crippen LogP contribution < -0.4 is 0 Å². The number of hydrogen-bond donors (Lipinski definition) is 4. The first-order valence-corrected chi connectivity index (χ1v) is 7.88. The maximum atomic E-state index is 12.1. The second-order valence-electron chi connectivity index (χ2n) is 3.69.